The molecule has 7 heteroatoms. The van der Waals surface area contributed by atoms with E-state index in [1.807, 2.05) is 0 Å². The van der Waals surface area contributed by atoms with Gasteiger partial charge in [-0.15, -0.1) is 0 Å². The first-order chi connectivity index (χ1) is 7.64. The molecule has 0 aromatic heterocycles. The van der Waals surface area contributed by atoms with Crippen LogP contribution in [0.15, 0.2) is 16.6 Å². The van der Waals surface area contributed by atoms with Gasteiger partial charge in [-0.05, 0) is 35.0 Å². The second-order valence-corrected chi connectivity index (χ2v) is 4.08. The number of hydrogen-bond acceptors (Lipinski definition) is 1. The van der Waals surface area contributed by atoms with Gasteiger partial charge in [0.15, 0.2) is 5.78 Å². The van der Waals surface area contributed by atoms with Crippen molar-refractivity contribution in [1.82, 2.24) is 0 Å². The Hall–Kier alpha value is -0.980. The average Bonchev–Trinajstić information content (AvgIpc) is 2.15. The third-order valence-electron chi connectivity index (χ3n) is 2.03. The second kappa shape index (κ2) is 4.72. The Bertz CT molecular complexity index is 453. The van der Waals surface area contributed by atoms with Crippen LogP contribution in [-0.4, -0.2) is 5.78 Å². The van der Waals surface area contributed by atoms with E-state index >= 15 is 0 Å². The van der Waals surface area contributed by atoms with Crippen LogP contribution in [0, 0.1) is 0 Å². The predicted molar refractivity (Wildman–Crippen MR) is 54.1 cm³/mol. The summed E-state index contributed by atoms with van der Waals surface area (Å²) in [6, 6.07) is 1.09. The fourth-order valence-electron chi connectivity index (χ4n) is 1.24. The maximum atomic E-state index is 12.5. The smallest absolute Gasteiger partial charge is 0.294 e. The highest BCUT2D eigenvalue weighted by Crippen LogP contribution is 2.39. The predicted octanol–water partition coefficient (Wildman–Crippen LogP) is 4.61. The Labute approximate surface area is 102 Å². The highest BCUT2D eigenvalue weighted by Gasteiger charge is 2.35. The molecule has 0 fully saturated rings. The first-order valence-electron chi connectivity index (χ1n) is 4.34. The van der Waals surface area contributed by atoms with E-state index in [4.69, 9.17) is 0 Å². The van der Waals surface area contributed by atoms with Crippen LogP contribution in [-0.2, 0) is 6.18 Å². The minimum atomic E-state index is -4.80. The Balaban J connectivity index is 3.55. The van der Waals surface area contributed by atoms with Gasteiger partial charge in [0.05, 0.1) is 5.56 Å². The number of Topliss-reactive ketones (excluding diaryl/α,β-unsaturated/α-hetero) is 1. The molecule has 94 valence electrons. The molecule has 0 radical (unpaired) electrons. The van der Waals surface area contributed by atoms with Crippen molar-refractivity contribution in [2.75, 3.05) is 0 Å². The topological polar surface area (TPSA) is 17.1 Å². The molecule has 0 saturated heterocycles. The van der Waals surface area contributed by atoms with Gasteiger partial charge in [-0.3, -0.25) is 4.79 Å². The highest BCUT2D eigenvalue weighted by atomic mass is 79.9. The molecular formula is C10H6BrF5O. The quantitative estimate of drug-likeness (QED) is 0.575. The lowest BCUT2D eigenvalue weighted by Gasteiger charge is -2.13. The van der Waals surface area contributed by atoms with E-state index in [0.29, 0.717) is 6.07 Å². The zero-order valence-electron chi connectivity index (χ0n) is 8.41. The maximum absolute atomic E-state index is 12.5. The zero-order valence-corrected chi connectivity index (χ0v) is 9.99. The molecule has 0 aliphatic rings. The molecule has 0 N–H and O–H groups in total. The van der Waals surface area contributed by atoms with E-state index in [0.717, 1.165) is 13.0 Å². The van der Waals surface area contributed by atoms with Gasteiger partial charge in [0.2, 0.25) is 0 Å². The summed E-state index contributed by atoms with van der Waals surface area (Å²) in [6.07, 6.45) is -7.87. The summed E-state index contributed by atoms with van der Waals surface area (Å²) in [6.45, 7) is 1.01. The zero-order chi connectivity index (χ0) is 13.4. The standard InChI is InChI=1S/C10H6BrF5O/c1-4(17)6-2-5(9(12)13)3-7(8(6)11)10(14,15)16/h2-3,9H,1H3. The first-order valence-corrected chi connectivity index (χ1v) is 5.13. The average molecular weight is 317 g/mol. The van der Waals surface area contributed by atoms with Crippen molar-refractivity contribution in [2.45, 2.75) is 19.5 Å². The molecule has 0 unspecified atom stereocenters. The molecule has 0 aliphatic carbocycles. The molecule has 0 aliphatic heterocycles. The Morgan fingerprint density at radius 2 is 1.82 bits per heavy atom. The number of carbonyl (C=O) groups is 1. The lowest BCUT2D eigenvalue weighted by atomic mass is 10.0. The normalized spacial score (nSPS) is 12.0. The SMILES string of the molecule is CC(=O)c1cc(C(F)F)cc(C(F)(F)F)c1Br. The van der Waals surface area contributed by atoms with Crippen molar-refractivity contribution in [1.29, 1.82) is 0 Å². The summed E-state index contributed by atoms with van der Waals surface area (Å²) < 4.78 is 62.0. The van der Waals surface area contributed by atoms with Crippen LogP contribution in [0.4, 0.5) is 22.0 Å². The van der Waals surface area contributed by atoms with Crippen LogP contribution in [0.2, 0.25) is 0 Å². The van der Waals surface area contributed by atoms with Crippen molar-refractivity contribution < 1.29 is 26.7 Å². The molecule has 1 aromatic carbocycles. The fourth-order valence-corrected chi connectivity index (χ4v) is 1.97. The number of alkyl halides is 5. The van der Waals surface area contributed by atoms with Gasteiger partial charge in [-0.2, -0.15) is 13.2 Å². The summed E-state index contributed by atoms with van der Waals surface area (Å²) in [5, 5.41) is 0. The highest BCUT2D eigenvalue weighted by molar-refractivity contribution is 9.10. The van der Waals surface area contributed by atoms with Gasteiger partial charge in [0.25, 0.3) is 6.43 Å². The Morgan fingerprint density at radius 3 is 2.18 bits per heavy atom. The Morgan fingerprint density at radius 1 is 1.29 bits per heavy atom. The van der Waals surface area contributed by atoms with Crippen molar-refractivity contribution in [2.24, 2.45) is 0 Å². The molecule has 0 saturated carbocycles. The van der Waals surface area contributed by atoms with E-state index in [2.05, 4.69) is 15.9 Å². The summed E-state index contributed by atoms with van der Waals surface area (Å²) in [5.41, 5.74) is -2.51. The minimum Gasteiger partial charge on any atom is -0.294 e. The molecule has 17 heavy (non-hydrogen) atoms. The molecule has 0 atom stereocenters. The first kappa shape index (κ1) is 14.1. The van der Waals surface area contributed by atoms with E-state index in [-0.39, 0.29) is 0 Å². The molecule has 1 rings (SSSR count). The number of hydrogen-bond donors (Lipinski definition) is 0. The largest absolute Gasteiger partial charge is 0.417 e. The van der Waals surface area contributed by atoms with E-state index in [1.165, 1.54) is 0 Å². The van der Waals surface area contributed by atoms with Crippen LogP contribution in [0.25, 0.3) is 0 Å². The van der Waals surface area contributed by atoms with Crippen LogP contribution in [0.3, 0.4) is 0 Å². The molecule has 0 amide bonds. The molecular weight excluding hydrogens is 311 g/mol. The van der Waals surface area contributed by atoms with Gasteiger partial charge < -0.3 is 0 Å². The van der Waals surface area contributed by atoms with Gasteiger partial charge in [-0.1, -0.05) is 0 Å². The lowest BCUT2D eigenvalue weighted by Crippen LogP contribution is -2.10. The fraction of sp³-hybridized carbons (Fsp3) is 0.300. The second-order valence-electron chi connectivity index (χ2n) is 3.28. The van der Waals surface area contributed by atoms with Crippen molar-refractivity contribution in [3.8, 4) is 0 Å². The van der Waals surface area contributed by atoms with Crippen LogP contribution in [0.5, 0.6) is 0 Å². The third-order valence-corrected chi connectivity index (χ3v) is 2.89. The minimum absolute atomic E-state index is 0.335. The molecule has 0 heterocycles. The van der Waals surface area contributed by atoms with E-state index < -0.39 is 39.5 Å². The van der Waals surface area contributed by atoms with Gasteiger partial charge in [-0.25, -0.2) is 8.78 Å². The van der Waals surface area contributed by atoms with Crippen molar-refractivity contribution >= 4 is 21.7 Å². The van der Waals surface area contributed by atoms with Crippen molar-refractivity contribution in [3.05, 3.63) is 33.3 Å². The molecule has 1 nitrogen and oxygen atoms in total. The van der Waals surface area contributed by atoms with Crippen LogP contribution >= 0.6 is 15.9 Å². The Kier molecular flexibility index (Phi) is 3.91. The van der Waals surface area contributed by atoms with Gasteiger partial charge >= 0.3 is 6.18 Å². The van der Waals surface area contributed by atoms with Gasteiger partial charge in [0.1, 0.15) is 0 Å². The van der Waals surface area contributed by atoms with E-state index in [1.54, 1.807) is 0 Å². The number of halogens is 6. The van der Waals surface area contributed by atoms with E-state index in [9.17, 15) is 26.7 Å². The van der Waals surface area contributed by atoms with Crippen LogP contribution < -0.4 is 0 Å². The summed E-state index contributed by atoms with van der Waals surface area (Å²) in [7, 11) is 0. The summed E-state index contributed by atoms with van der Waals surface area (Å²) in [4.78, 5) is 11.1. The third kappa shape index (κ3) is 3.02. The number of rotatable bonds is 2. The number of carbonyl (C=O) groups excluding carboxylic acids is 1. The van der Waals surface area contributed by atoms with Gasteiger partial charge in [0, 0.05) is 15.6 Å². The molecule has 0 bridgehead atoms. The van der Waals surface area contributed by atoms with Crippen molar-refractivity contribution in [3.63, 3.8) is 0 Å². The maximum Gasteiger partial charge on any atom is 0.417 e. The molecule has 0 spiro atoms. The summed E-state index contributed by atoms with van der Waals surface area (Å²) >= 11 is 2.62. The number of ketones is 1. The monoisotopic (exact) mass is 316 g/mol. The number of benzene rings is 1. The summed E-state index contributed by atoms with van der Waals surface area (Å²) in [5.74, 6) is -0.718. The van der Waals surface area contributed by atoms with Crippen LogP contribution in [0.1, 0.15) is 34.8 Å². The lowest BCUT2D eigenvalue weighted by molar-refractivity contribution is -0.138. The molecule has 1 aromatic rings.